The largest absolute Gasteiger partial charge is 0.519 e. The minimum absolute atomic E-state index is 0.0128. The molecule has 3 heterocycles. The Morgan fingerprint density at radius 2 is 1.95 bits per heavy atom. The van der Waals surface area contributed by atoms with Crippen molar-refractivity contribution in [2.75, 3.05) is 0 Å². The number of hydrogen-bond donors (Lipinski definition) is 2. The Balaban J connectivity index is 1.56. The number of benzene rings is 2. The van der Waals surface area contributed by atoms with Gasteiger partial charge in [0.2, 0.25) is 1.43 Å². The van der Waals surface area contributed by atoms with Gasteiger partial charge in [0.05, 0.1) is 0 Å². The summed E-state index contributed by atoms with van der Waals surface area (Å²) < 4.78 is 49.7. The number of aryl methyl sites for hydroxylation is 2. The van der Waals surface area contributed by atoms with Crippen LogP contribution in [0.3, 0.4) is 0 Å². The zero-order valence-corrected chi connectivity index (χ0v) is 22.9. The maximum Gasteiger partial charge on any atom is 0.519 e. The topological polar surface area (TPSA) is 162 Å². The van der Waals surface area contributed by atoms with Crippen molar-refractivity contribution in [1.29, 1.82) is 1.43 Å². The van der Waals surface area contributed by atoms with Gasteiger partial charge in [-0.1, -0.05) is 55.5 Å². The molecule has 0 aliphatic rings. The molecule has 0 atom stereocenters. The van der Waals surface area contributed by atoms with Gasteiger partial charge in [-0.05, 0) is 54.3 Å². The molecular weight excluding hydrogens is 528 g/mol. The van der Waals surface area contributed by atoms with Gasteiger partial charge in [0.15, 0.2) is 31.1 Å². The molecule has 0 bridgehead atoms. The Kier molecular flexibility index (Phi) is 6.34. The number of H-pyrrole nitrogens is 1. The highest BCUT2D eigenvalue weighted by molar-refractivity contribution is 5.89. The Morgan fingerprint density at radius 1 is 1.20 bits per heavy atom. The number of aliphatic hydroxyl groups is 1. The first-order chi connectivity index (χ1) is 21.4. The number of nitrogens with zero attached hydrogens (tertiary/aromatic N) is 5. The van der Waals surface area contributed by atoms with Crippen molar-refractivity contribution in [3.05, 3.63) is 93.4 Å². The SMILES string of the molecule is [2H]OC(C)(C)c1nc(C([2H])([2H])CC)n(Cc2ccc(-c3ccccc3-c3nnnn3[2H])cc2)c1C(=O)OCc1oc(=O)oc1C. The van der Waals surface area contributed by atoms with Crippen LogP contribution in [0.1, 0.15) is 69.0 Å². The van der Waals surface area contributed by atoms with E-state index < -0.39 is 30.4 Å². The minimum Gasteiger partial charge on any atom is -0.453 e. The van der Waals surface area contributed by atoms with Gasteiger partial charge in [-0.25, -0.2) is 19.7 Å². The number of hydrogen-bond acceptors (Lipinski definition) is 10. The van der Waals surface area contributed by atoms with Crippen molar-refractivity contribution >= 4 is 5.97 Å². The number of rotatable bonds is 11. The highest BCUT2D eigenvalue weighted by Gasteiger charge is 2.33. The Morgan fingerprint density at radius 3 is 2.59 bits per heavy atom. The van der Waals surface area contributed by atoms with E-state index in [-0.39, 0.29) is 47.5 Å². The Hall–Kier alpha value is -4.84. The average molecular weight is 563 g/mol. The molecule has 0 fully saturated rings. The summed E-state index contributed by atoms with van der Waals surface area (Å²) in [5, 5.41) is 16.9. The van der Waals surface area contributed by atoms with Crippen molar-refractivity contribution in [2.24, 2.45) is 0 Å². The lowest BCUT2D eigenvalue weighted by atomic mass is 9.98. The molecule has 0 aliphatic carbocycles. The fourth-order valence-corrected chi connectivity index (χ4v) is 4.39. The molecule has 0 saturated heterocycles. The Labute approximate surface area is 240 Å². The number of imidazole rings is 1. The maximum atomic E-state index is 13.7. The third-order valence-corrected chi connectivity index (χ3v) is 6.33. The van der Waals surface area contributed by atoms with Gasteiger partial charge in [-0.2, -0.15) is 0 Å². The second kappa shape index (κ2) is 11.3. The van der Waals surface area contributed by atoms with Crippen LogP contribution in [0.25, 0.3) is 22.5 Å². The molecular formula is C29H30N6O6. The summed E-state index contributed by atoms with van der Waals surface area (Å²) in [5.74, 6) is -1.41. The molecule has 0 spiro atoms. The van der Waals surface area contributed by atoms with Crippen LogP contribution in [0.5, 0.6) is 0 Å². The Bertz CT molecular complexity index is 1890. The molecule has 0 saturated carbocycles. The second-order valence-corrected chi connectivity index (χ2v) is 9.71. The molecule has 2 N–H and O–H groups in total. The van der Waals surface area contributed by atoms with Gasteiger partial charge >= 0.3 is 11.8 Å². The smallest absolute Gasteiger partial charge is 0.453 e. The van der Waals surface area contributed by atoms with Gasteiger partial charge in [-0.15, -0.1) is 5.10 Å². The molecule has 5 aromatic rings. The first-order valence-electron chi connectivity index (χ1n) is 14.7. The number of aromatic nitrogens is 6. The van der Waals surface area contributed by atoms with E-state index in [1.54, 1.807) is 6.92 Å². The van der Waals surface area contributed by atoms with E-state index >= 15 is 0 Å². The highest BCUT2D eigenvalue weighted by atomic mass is 16.6. The van der Waals surface area contributed by atoms with E-state index in [9.17, 15) is 9.59 Å². The molecule has 0 aliphatic heterocycles. The van der Waals surface area contributed by atoms with Crippen LogP contribution in [0.2, 0.25) is 1.41 Å². The molecule has 0 amide bonds. The van der Waals surface area contributed by atoms with Crippen LogP contribution >= 0.6 is 0 Å². The third-order valence-electron chi connectivity index (χ3n) is 6.33. The van der Waals surface area contributed by atoms with Gasteiger partial charge in [-0.3, -0.25) is 0 Å². The van der Waals surface area contributed by atoms with Crippen molar-refractivity contribution in [3.63, 3.8) is 0 Å². The molecule has 12 nitrogen and oxygen atoms in total. The van der Waals surface area contributed by atoms with Crippen LogP contribution < -0.4 is 5.82 Å². The first-order valence-corrected chi connectivity index (χ1v) is 12.8. The normalized spacial score (nSPS) is 13.4. The van der Waals surface area contributed by atoms with Crippen LogP contribution in [-0.4, -0.2) is 42.7 Å². The molecule has 0 unspecified atom stereocenters. The highest BCUT2D eigenvalue weighted by Crippen LogP contribution is 2.31. The van der Waals surface area contributed by atoms with E-state index in [1.807, 2.05) is 48.5 Å². The fraction of sp³-hybridized carbons (Fsp3) is 0.310. The minimum atomic E-state index is -1.96. The molecule has 212 valence electrons. The van der Waals surface area contributed by atoms with Crippen LogP contribution in [0.15, 0.2) is 62.2 Å². The number of nitrogens with one attached hydrogen (secondary N) is 1. The lowest BCUT2D eigenvalue weighted by Gasteiger charge is -2.17. The number of ether oxygens (including phenoxy) is 1. The van der Waals surface area contributed by atoms with E-state index in [0.29, 0.717) is 11.1 Å². The predicted molar refractivity (Wildman–Crippen MR) is 147 cm³/mol. The summed E-state index contributed by atoms with van der Waals surface area (Å²) in [5.41, 5.74) is 1.45. The van der Waals surface area contributed by atoms with Crippen molar-refractivity contribution in [1.82, 2.24) is 30.2 Å². The van der Waals surface area contributed by atoms with E-state index in [2.05, 4.69) is 20.5 Å². The molecule has 2 aromatic carbocycles. The fourth-order valence-electron chi connectivity index (χ4n) is 4.39. The molecule has 12 heteroatoms. The summed E-state index contributed by atoms with van der Waals surface area (Å²) in [6, 6.07) is 14.8. The van der Waals surface area contributed by atoms with Gasteiger partial charge in [0.1, 0.15) is 17.1 Å². The number of tetrazole rings is 1. The predicted octanol–water partition coefficient (Wildman–Crippen LogP) is 4.17. The lowest BCUT2D eigenvalue weighted by Crippen LogP contribution is -2.23. The third kappa shape index (κ3) is 5.87. The zero-order chi connectivity index (χ0) is 32.5. The van der Waals surface area contributed by atoms with Crippen LogP contribution in [0.4, 0.5) is 0 Å². The van der Waals surface area contributed by atoms with Gasteiger partial charge < -0.3 is 23.2 Å². The van der Waals surface area contributed by atoms with E-state index in [1.165, 1.54) is 25.3 Å². The van der Waals surface area contributed by atoms with Crippen LogP contribution in [-0.2, 0) is 29.9 Å². The average Bonchev–Trinajstić information content (AvgIpc) is 3.72. The summed E-state index contributed by atoms with van der Waals surface area (Å²) in [6.07, 6.45) is -1.91. The first kappa shape index (κ1) is 22.9. The summed E-state index contributed by atoms with van der Waals surface area (Å²) in [6.45, 7) is 5.82. The van der Waals surface area contributed by atoms with E-state index in [0.717, 1.165) is 16.2 Å². The monoisotopic (exact) mass is 562 g/mol. The standard InChI is InChI=1S/C29H30N6O6/c1-5-8-23-30-25(29(3,4)38)24(27(36)39-16-22-17(2)40-28(37)41-22)35(23)15-18-11-13-19(14-12-18)20-9-6-7-10-21(20)26-31-33-34-32-26/h6-7,9-14,38H,5,8,15-16H2,1-4H3,(H,31,32,33,34)/i8D2,38D/hD. The summed E-state index contributed by atoms with van der Waals surface area (Å²) in [7, 11) is 0. The van der Waals surface area contributed by atoms with Crippen molar-refractivity contribution in [3.8, 4) is 22.5 Å². The zero-order valence-electron chi connectivity index (χ0n) is 26.9. The van der Waals surface area contributed by atoms with Crippen molar-refractivity contribution < 1.29 is 27.6 Å². The number of carbonyl (C=O) groups is 1. The summed E-state index contributed by atoms with van der Waals surface area (Å²) in [4.78, 5) is 29.7. The number of carbonyl (C=O) groups excluding carboxylic acids is 1. The molecule has 41 heavy (non-hydrogen) atoms. The quantitative estimate of drug-likeness (QED) is 0.223. The molecule has 3 aromatic heterocycles. The maximum absolute atomic E-state index is 13.7. The lowest BCUT2D eigenvalue weighted by molar-refractivity contribution is 0.0395. The number of aromatic amines is 1. The van der Waals surface area contributed by atoms with Gasteiger partial charge in [0, 0.05) is 21.2 Å². The van der Waals surface area contributed by atoms with E-state index in [4.69, 9.17) is 24.3 Å². The second-order valence-electron chi connectivity index (χ2n) is 9.71. The van der Waals surface area contributed by atoms with Crippen LogP contribution in [0, 0.1) is 6.92 Å². The molecule has 5 rings (SSSR count). The number of esters is 1. The van der Waals surface area contributed by atoms with Gasteiger partial charge in [0.25, 0.3) is 0 Å². The molecule has 0 radical (unpaired) electrons. The van der Waals surface area contributed by atoms with Crippen molar-refractivity contribution in [2.45, 2.75) is 59.2 Å². The summed E-state index contributed by atoms with van der Waals surface area (Å²) >= 11 is 0.